The zero-order valence-electron chi connectivity index (χ0n) is 11.7. The monoisotopic (exact) mass is 240 g/mol. The minimum absolute atomic E-state index is 0.0958. The van der Waals surface area contributed by atoms with Gasteiger partial charge < -0.3 is 9.84 Å². The number of hydrogen-bond acceptors (Lipinski definition) is 2. The molecule has 2 aliphatic carbocycles. The van der Waals surface area contributed by atoms with Gasteiger partial charge in [0.2, 0.25) is 0 Å². The number of aliphatic hydroxyl groups is 1. The van der Waals surface area contributed by atoms with Crippen molar-refractivity contribution >= 4 is 0 Å². The lowest BCUT2D eigenvalue weighted by atomic mass is 9.59. The number of methoxy groups -OCH3 is 1. The van der Waals surface area contributed by atoms with Crippen LogP contribution in [-0.2, 0) is 4.74 Å². The van der Waals surface area contributed by atoms with Crippen LogP contribution in [0.4, 0.5) is 0 Å². The zero-order valence-corrected chi connectivity index (χ0v) is 11.7. The van der Waals surface area contributed by atoms with Crippen LogP contribution in [0.1, 0.15) is 65.2 Å². The van der Waals surface area contributed by atoms with Crippen LogP contribution in [0.25, 0.3) is 0 Å². The predicted octanol–water partition coefficient (Wildman–Crippen LogP) is 3.52. The van der Waals surface area contributed by atoms with Crippen molar-refractivity contribution in [2.75, 3.05) is 7.11 Å². The molecule has 0 aromatic heterocycles. The fourth-order valence-corrected chi connectivity index (χ4v) is 3.16. The van der Waals surface area contributed by atoms with Crippen LogP contribution in [0.5, 0.6) is 0 Å². The molecule has 0 radical (unpaired) electrons. The summed E-state index contributed by atoms with van der Waals surface area (Å²) in [5, 5.41) is 11.1. The van der Waals surface area contributed by atoms with Crippen molar-refractivity contribution in [1.82, 2.24) is 0 Å². The molecule has 0 unspecified atom stereocenters. The summed E-state index contributed by atoms with van der Waals surface area (Å²) < 4.78 is 5.48. The van der Waals surface area contributed by atoms with E-state index in [0.717, 1.165) is 12.8 Å². The minimum Gasteiger partial charge on any atom is -0.389 e. The highest BCUT2D eigenvalue weighted by Gasteiger charge is 2.48. The van der Waals surface area contributed by atoms with Crippen molar-refractivity contribution in [2.45, 2.75) is 76.4 Å². The van der Waals surface area contributed by atoms with Crippen molar-refractivity contribution in [3.8, 4) is 0 Å². The van der Waals surface area contributed by atoms with Crippen molar-refractivity contribution in [2.24, 2.45) is 11.8 Å². The van der Waals surface area contributed by atoms with E-state index in [2.05, 4.69) is 13.8 Å². The van der Waals surface area contributed by atoms with Crippen LogP contribution in [0.15, 0.2) is 0 Å². The van der Waals surface area contributed by atoms with Crippen LogP contribution in [-0.4, -0.2) is 23.4 Å². The van der Waals surface area contributed by atoms with Crippen molar-refractivity contribution in [3.05, 3.63) is 0 Å². The third kappa shape index (κ3) is 2.68. The van der Waals surface area contributed by atoms with Gasteiger partial charge in [0.15, 0.2) is 0 Å². The highest BCUT2D eigenvalue weighted by Crippen LogP contribution is 2.50. The lowest BCUT2D eigenvalue weighted by Crippen LogP contribution is -2.51. The highest BCUT2D eigenvalue weighted by molar-refractivity contribution is 4.99. The molecular weight excluding hydrogens is 212 g/mol. The first kappa shape index (κ1) is 13.4. The molecule has 0 aromatic carbocycles. The second-order valence-corrected chi connectivity index (χ2v) is 6.71. The summed E-state index contributed by atoms with van der Waals surface area (Å²) >= 11 is 0. The van der Waals surface area contributed by atoms with Gasteiger partial charge in [-0.3, -0.25) is 0 Å². The van der Waals surface area contributed by atoms with Gasteiger partial charge in [-0.05, 0) is 64.2 Å². The Labute approximate surface area is 106 Å². The first-order valence-corrected chi connectivity index (χ1v) is 7.25. The van der Waals surface area contributed by atoms with Crippen LogP contribution in [0.3, 0.4) is 0 Å². The van der Waals surface area contributed by atoms with Gasteiger partial charge in [0, 0.05) is 7.11 Å². The third-order valence-corrected chi connectivity index (χ3v) is 5.30. The average molecular weight is 240 g/mol. The van der Waals surface area contributed by atoms with E-state index in [0.29, 0.717) is 11.8 Å². The molecule has 0 bridgehead atoms. The quantitative estimate of drug-likeness (QED) is 0.769. The molecule has 1 N–H and O–H groups in total. The smallest absolute Gasteiger partial charge is 0.0704 e. The normalized spacial score (nSPS) is 23.3. The summed E-state index contributed by atoms with van der Waals surface area (Å²) in [4.78, 5) is 0. The van der Waals surface area contributed by atoms with Crippen LogP contribution in [0.2, 0.25) is 0 Å². The van der Waals surface area contributed by atoms with Gasteiger partial charge in [0.25, 0.3) is 0 Å². The van der Waals surface area contributed by atoms with Gasteiger partial charge >= 0.3 is 0 Å². The molecule has 2 aliphatic rings. The summed E-state index contributed by atoms with van der Waals surface area (Å²) in [5.41, 5.74) is -0.478. The molecule has 0 saturated heterocycles. The number of ether oxygens (including phenoxy) is 1. The van der Waals surface area contributed by atoms with Crippen molar-refractivity contribution in [3.63, 3.8) is 0 Å². The molecule has 17 heavy (non-hydrogen) atoms. The molecule has 2 rings (SSSR count). The number of rotatable bonds is 6. The average Bonchev–Trinajstić information content (AvgIpc) is 2.09. The maximum Gasteiger partial charge on any atom is 0.0704 e. The van der Waals surface area contributed by atoms with E-state index in [1.54, 1.807) is 7.11 Å². The van der Waals surface area contributed by atoms with E-state index in [1.807, 2.05) is 0 Å². The van der Waals surface area contributed by atoms with Gasteiger partial charge in [-0.1, -0.05) is 12.8 Å². The summed E-state index contributed by atoms with van der Waals surface area (Å²) in [7, 11) is 1.77. The Hall–Kier alpha value is -0.0800. The minimum atomic E-state index is -0.383. The van der Waals surface area contributed by atoms with E-state index >= 15 is 0 Å². The summed E-state index contributed by atoms with van der Waals surface area (Å²) in [6, 6.07) is 0. The van der Waals surface area contributed by atoms with Gasteiger partial charge in [0.1, 0.15) is 0 Å². The maximum atomic E-state index is 11.1. The fourth-order valence-electron chi connectivity index (χ4n) is 3.16. The second-order valence-electron chi connectivity index (χ2n) is 6.71. The molecule has 0 atom stereocenters. The molecule has 0 aromatic rings. The Morgan fingerprint density at radius 1 is 1.00 bits per heavy atom. The Bertz CT molecular complexity index is 238. The molecule has 2 fully saturated rings. The lowest BCUT2D eigenvalue weighted by molar-refractivity contribution is -0.135. The van der Waals surface area contributed by atoms with Gasteiger partial charge in [-0.25, -0.2) is 0 Å². The van der Waals surface area contributed by atoms with E-state index in [4.69, 9.17) is 4.74 Å². The SMILES string of the molecule is COC(C)(C)CCC(O)(C1CCC1)C1CCC1. The molecule has 2 heteroatoms. The van der Waals surface area contributed by atoms with Gasteiger partial charge in [0.05, 0.1) is 11.2 Å². The molecular formula is C15H28O2. The zero-order chi connectivity index (χ0) is 12.5. The van der Waals surface area contributed by atoms with Crippen molar-refractivity contribution in [1.29, 1.82) is 0 Å². The van der Waals surface area contributed by atoms with E-state index in [9.17, 15) is 5.11 Å². The predicted molar refractivity (Wildman–Crippen MR) is 70.0 cm³/mol. The first-order chi connectivity index (χ1) is 7.98. The molecule has 2 nitrogen and oxygen atoms in total. The van der Waals surface area contributed by atoms with E-state index in [1.165, 1.54) is 38.5 Å². The fraction of sp³-hybridized carbons (Fsp3) is 1.00. The Balaban J connectivity index is 1.95. The molecule has 0 heterocycles. The largest absolute Gasteiger partial charge is 0.389 e. The van der Waals surface area contributed by atoms with Gasteiger partial charge in [-0.15, -0.1) is 0 Å². The molecule has 0 amide bonds. The molecule has 0 aliphatic heterocycles. The number of hydrogen-bond donors (Lipinski definition) is 1. The maximum absolute atomic E-state index is 11.1. The third-order valence-electron chi connectivity index (χ3n) is 5.30. The molecule has 2 saturated carbocycles. The Morgan fingerprint density at radius 2 is 1.47 bits per heavy atom. The van der Waals surface area contributed by atoms with Crippen LogP contribution >= 0.6 is 0 Å². The standard InChI is InChI=1S/C15H28O2/c1-14(2,17-3)10-11-15(16,12-6-4-7-12)13-8-5-9-13/h12-13,16H,4-11H2,1-3H3. The summed E-state index contributed by atoms with van der Waals surface area (Å²) in [5.74, 6) is 1.14. The topological polar surface area (TPSA) is 29.5 Å². The summed E-state index contributed by atoms with van der Waals surface area (Å²) in [6.07, 6.45) is 9.46. The Morgan fingerprint density at radius 3 is 1.76 bits per heavy atom. The van der Waals surface area contributed by atoms with E-state index < -0.39 is 0 Å². The second kappa shape index (κ2) is 4.89. The van der Waals surface area contributed by atoms with Crippen molar-refractivity contribution < 1.29 is 9.84 Å². The van der Waals surface area contributed by atoms with Gasteiger partial charge in [-0.2, -0.15) is 0 Å². The van der Waals surface area contributed by atoms with Crippen LogP contribution in [0, 0.1) is 11.8 Å². The van der Waals surface area contributed by atoms with Crippen LogP contribution < -0.4 is 0 Å². The highest BCUT2D eigenvalue weighted by atomic mass is 16.5. The van der Waals surface area contributed by atoms with E-state index in [-0.39, 0.29) is 11.2 Å². The molecule has 0 spiro atoms. The lowest BCUT2D eigenvalue weighted by Gasteiger charge is -2.50. The Kier molecular flexibility index (Phi) is 3.84. The first-order valence-electron chi connectivity index (χ1n) is 7.25. The molecule has 100 valence electrons. The summed E-state index contributed by atoms with van der Waals surface area (Å²) in [6.45, 7) is 4.24.